The fourth-order valence-electron chi connectivity index (χ4n) is 3.50. The lowest BCUT2D eigenvalue weighted by atomic mass is 10.0. The summed E-state index contributed by atoms with van der Waals surface area (Å²) in [6.45, 7) is 0. The predicted molar refractivity (Wildman–Crippen MR) is 137 cm³/mol. The van der Waals surface area contributed by atoms with Crippen LogP contribution in [0.4, 0.5) is 34.1 Å². The van der Waals surface area contributed by atoms with Crippen LogP contribution in [-0.2, 0) is 0 Å². The summed E-state index contributed by atoms with van der Waals surface area (Å²) in [6.07, 6.45) is 4.48. The van der Waals surface area contributed by atoms with Gasteiger partial charge in [0, 0.05) is 0 Å². The van der Waals surface area contributed by atoms with E-state index in [-0.39, 0.29) is 0 Å². The maximum Gasteiger partial charge on any atom is 0.290 e. The molecule has 3 aromatic carbocycles. The van der Waals surface area contributed by atoms with Crippen molar-refractivity contribution in [2.45, 2.75) is 0 Å². The third kappa shape index (κ3) is 6.08. The molecule has 0 aliphatic carbocycles. The minimum absolute atomic E-state index is 0.303. The van der Waals surface area contributed by atoms with Crippen LogP contribution in [0.5, 0.6) is 0 Å². The zero-order valence-corrected chi connectivity index (χ0v) is 19.5. The molecule has 0 bridgehead atoms. The van der Waals surface area contributed by atoms with E-state index in [0.29, 0.717) is 35.4 Å². The largest absolute Gasteiger partial charge is 0.290 e. The molecule has 202 valence electrons. The van der Waals surface area contributed by atoms with Gasteiger partial charge < -0.3 is 0 Å². The average Bonchev–Trinajstić information content (AvgIpc) is 2.89. The van der Waals surface area contributed by atoms with Crippen molar-refractivity contribution in [3.8, 4) is 0 Å². The van der Waals surface area contributed by atoms with E-state index in [0.717, 1.165) is 12.2 Å². The SMILES string of the molecule is O=[N+]([O-])c1cc([N+](=O)[O-])c(C=Cc2cccc(C=Cc3c([N+](=O)[O-])cc([N+](=O)[O-])cc3[N+](=O)[O-])c2)c([N+](=O)[O-])c1. The molecule has 40 heavy (non-hydrogen) atoms. The Morgan fingerprint density at radius 1 is 0.425 bits per heavy atom. The third-order valence-corrected chi connectivity index (χ3v) is 5.25. The number of hydrogen-bond donors (Lipinski definition) is 0. The van der Waals surface area contributed by atoms with Crippen molar-refractivity contribution in [1.29, 1.82) is 0 Å². The minimum atomic E-state index is -1.01. The van der Waals surface area contributed by atoms with Crippen molar-refractivity contribution in [3.63, 3.8) is 0 Å². The normalized spacial score (nSPS) is 11.0. The van der Waals surface area contributed by atoms with Crippen LogP contribution in [0, 0.1) is 60.7 Å². The summed E-state index contributed by atoms with van der Waals surface area (Å²) in [5.41, 5.74) is -5.66. The topological polar surface area (TPSA) is 259 Å². The average molecular weight is 552 g/mol. The van der Waals surface area contributed by atoms with Crippen LogP contribution < -0.4 is 0 Å². The molecule has 0 spiro atoms. The van der Waals surface area contributed by atoms with Gasteiger partial charge in [-0.25, -0.2) is 0 Å². The number of nitro groups is 6. The number of benzene rings is 3. The van der Waals surface area contributed by atoms with Gasteiger partial charge in [0.1, 0.15) is 11.1 Å². The lowest BCUT2D eigenvalue weighted by Crippen LogP contribution is -2.00. The van der Waals surface area contributed by atoms with Crippen LogP contribution in [0.3, 0.4) is 0 Å². The van der Waals surface area contributed by atoms with Gasteiger partial charge in [0.15, 0.2) is 0 Å². The van der Waals surface area contributed by atoms with Gasteiger partial charge in [-0.15, -0.1) is 0 Å². The van der Waals surface area contributed by atoms with Gasteiger partial charge in [0.25, 0.3) is 34.1 Å². The number of non-ortho nitro benzene ring substituents is 2. The molecule has 0 saturated carbocycles. The highest BCUT2D eigenvalue weighted by Gasteiger charge is 2.30. The van der Waals surface area contributed by atoms with Crippen LogP contribution in [0.1, 0.15) is 22.3 Å². The minimum Gasteiger partial charge on any atom is -0.258 e. The number of nitrogens with zero attached hydrogens (tertiary/aromatic N) is 6. The molecule has 0 heterocycles. The molecule has 18 nitrogen and oxygen atoms in total. The van der Waals surface area contributed by atoms with Crippen LogP contribution in [0.15, 0.2) is 48.5 Å². The summed E-state index contributed by atoms with van der Waals surface area (Å²) in [4.78, 5) is 61.8. The molecule has 0 aromatic heterocycles. The van der Waals surface area contributed by atoms with E-state index >= 15 is 0 Å². The summed E-state index contributed by atoms with van der Waals surface area (Å²) in [5, 5.41) is 67.9. The molecule has 3 rings (SSSR count). The van der Waals surface area contributed by atoms with Gasteiger partial charge in [0.05, 0.1) is 53.8 Å². The molecule has 0 fully saturated rings. The van der Waals surface area contributed by atoms with E-state index in [1.165, 1.54) is 36.4 Å². The highest BCUT2D eigenvalue weighted by Crippen LogP contribution is 2.36. The van der Waals surface area contributed by atoms with Gasteiger partial charge >= 0.3 is 0 Å². The molecule has 0 atom stereocenters. The van der Waals surface area contributed by atoms with E-state index < -0.39 is 74.8 Å². The molecule has 0 saturated heterocycles. The maximum atomic E-state index is 11.5. The standard InChI is InChI=1S/C22H12N6O12/c29-23(30)15-9-19(25(33)34)17(20(10-15)26(35)36)6-4-13-2-1-3-14(8-13)5-7-18-21(27(37)38)11-16(24(31)32)12-22(18)28(39)40/h1-12H. The molecule has 0 aliphatic rings. The van der Waals surface area contributed by atoms with Gasteiger partial charge in [-0.1, -0.05) is 30.4 Å². The Labute approximate surface area is 220 Å². The molecule has 0 unspecified atom stereocenters. The third-order valence-electron chi connectivity index (χ3n) is 5.25. The lowest BCUT2D eigenvalue weighted by molar-refractivity contribution is -0.403. The Balaban J connectivity index is 2.07. The fourth-order valence-corrected chi connectivity index (χ4v) is 3.50. The van der Waals surface area contributed by atoms with E-state index in [1.807, 2.05) is 0 Å². The Morgan fingerprint density at radius 3 is 0.975 bits per heavy atom. The zero-order chi connectivity index (χ0) is 29.7. The van der Waals surface area contributed by atoms with Gasteiger partial charge in [0.2, 0.25) is 0 Å². The second-order valence-corrected chi connectivity index (χ2v) is 7.67. The fraction of sp³-hybridized carbons (Fsp3) is 0. The van der Waals surface area contributed by atoms with Crippen molar-refractivity contribution >= 4 is 58.4 Å². The van der Waals surface area contributed by atoms with Crippen molar-refractivity contribution in [3.05, 3.63) is 131 Å². The Bertz CT molecular complexity index is 1490. The highest BCUT2D eigenvalue weighted by molar-refractivity contribution is 5.83. The smallest absolute Gasteiger partial charge is 0.258 e. The van der Waals surface area contributed by atoms with Gasteiger partial charge in [-0.2, -0.15) is 0 Å². The van der Waals surface area contributed by atoms with Gasteiger partial charge in [-0.05, 0) is 29.3 Å². The number of rotatable bonds is 10. The highest BCUT2D eigenvalue weighted by atomic mass is 16.6. The Hall–Kier alpha value is -6.46. The van der Waals surface area contributed by atoms with E-state index in [4.69, 9.17) is 0 Å². The molecule has 0 aliphatic heterocycles. The van der Waals surface area contributed by atoms with Crippen LogP contribution >= 0.6 is 0 Å². The molecule has 3 aromatic rings. The first-order valence-electron chi connectivity index (χ1n) is 10.5. The summed E-state index contributed by atoms with van der Waals surface area (Å²) >= 11 is 0. The van der Waals surface area contributed by atoms with Crippen molar-refractivity contribution in [1.82, 2.24) is 0 Å². The lowest BCUT2D eigenvalue weighted by Gasteiger charge is -2.02. The first kappa shape index (κ1) is 28.1. The van der Waals surface area contributed by atoms with E-state index in [1.54, 1.807) is 0 Å². The maximum absolute atomic E-state index is 11.5. The zero-order valence-electron chi connectivity index (χ0n) is 19.5. The van der Waals surface area contributed by atoms with Crippen molar-refractivity contribution < 1.29 is 29.5 Å². The van der Waals surface area contributed by atoms with E-state index in [2.05, 4.69) is 0 Å². The molecular weight excluding hydrogens is 540 g/mol. The predicted octanol–water partition coefficient (Wildman–Crippen LogP) is 5.48. The Kier molecular flexibility index (Phi) is 7.94. The second-order valence-electron chi connectivity index (χ2n) is 7.67. The van der Waals surface area contributed by atoms with Crippen LogP contribution in [-0.4, -0.2) is 29.5 Å². The molecule has 0 N–H and O–H groups in total. The summed E-state index contributed by atoms with van der Waals surface area (Å²) in [5.74, 6) is 0. The molecule has 0 amide bonds. The molecular formula is C22H12N6O12. The second kappa shape index (κ2) is 11.3. The number of hydrogen-bond acceptors (Lipinski definition) is 12. The monoisotopic (exact) mass is 552 g/mol. The first-order chi connectivity index (χ1) is 18.8. The summed E-state index contributed by atoms with van der Waals surface area (Å²) in [6, 6.07) is 8.16. The van der Waals surface area contributed by atoms with Crippen molar-refractivity contribution in [2.24, 2.45) is 0 Å². The van der Waals surface area contributed by atoms with Crippen LogP contribution in [0.2, 0.25) is 0 Å². The summed E-state index contributed by atoms with van der Waals surface area (Å²) in [7, 11) is 0. The number of nitro benzene ring substituents is 6. The van der Waals surface area contributed by atoms with E-state index in [9.17, 15) is 60.7 Å². The molecule has 0 radical (unpaired) electrons. The van der Waals surface area contributed by atoms with Gasteiger partial charge in [-0.3, -0.25) is 60.7 Å². The first-order valence-corrected chi connectivity index (χ1v) is 10.5. The van der Waals surface area contributed by atoms with Crippen molar-refractivity contribution in [2.75, 3.05) is 0 Å². The van der Waals surface area contributed by atoms with Crippen LogP contribution in [0.25, 0.3) is 24.3 Å². The molecule has 18 heteroatoms. The quantitative estimate of drug-likeness (QED) is 0.172. The summed E-state index contributed by atoms with van der Waals surface area (Å²) < 4.78 is 0. The Morgan fingerprint density at radius 2 is 0.725 bits per heavy atom.